The van der Waals surface area contributed by atoms with Crippen molar-refractivity contribution in [3.05, 3.63) is 121 Å². The fourth-order valence-corrected chi connectivity index (χ4v) is 16.3. The fourth-order valence-electron chi connectivity index (χ4n) is 7.53. The molecule has 2 fully saturated rings. The molecule has 2 atom stereocenters. The molecule has 6 nitrogen and oxygen atoms in total. The Balaban J connectivity index is 1.51. The van der Waals surface area contributed by atoms with E-state index in [0.29, 0.717) is 0 Å². The van der Waals surface area contributed by atoms with Gasteiger partial charge in [0.1, 0.15) is 0 Å². The summed E-state index contributed by atoms with van der Waals surface area (Å²) < 4.78 is 76.3. The third-order valence-corrected chi connectivity index (χ3v) is 18.4. The summed E-state index contributed by atoms with van der Waals surface area (Å²) in [4.78, 5) is 29.3. The van der Waals surface area contributed by atoms with Gasteiger partial charge in [0.25, 0.3) is 0 Å². The van der Waals surface area contributed by atoms with E-state index in [1.807, 2.05) is 0 Å². The average molecular weight is 711 g/mol. The van der Waals surface area contributed by atoms with Crippen molar-refractivity contribution in [3.8, 4) is 0 Å². The number of halogens is 4. The summed E-state index contributed by atoms with van der Waals surface area (Å²) in [5.41, 5.74) is -2.20. The van der Waals surface area contributed by atoms with E-state index >= 15 is 17.6 Å². The first-order valence-corrected chi connectivity index (χ1v) is 19.5. The molecular formula is C38H38F4N2O4Ti. The Bertz CT molecular complexity index is 1680. The van der Waals surface area contributed by atoms with Gasteiger partial charge in [0.05, 0.1) is 0 Å². The van der Waals surface area contributed by atoms with E-state index in [-0.39, 0.29) is 50.9 Å². The number of hydrogen-bond acceptors (Lipinski definition) is 4. The minimum atomic E-state index is -5.16. The van der Waals surface area contributed by atoms with Crippen molar-refractivity contribution in [3.63, 3.8) is 0 Å². The second-order valence-corrected chi connectivity index (χ2v) is 19.8. The van der Waals surface area contributed by atoms with Crippen LogP contribution in [0.15, 0.2) is 98.2 Å². The Morgan fingerprint density at radius 1 is 0.714 bits per heavy atom. The minimum absolute atomic E-state index is 0.0823. The Labute approximate surface area is 287 Å². The Hall–Kier alpha value is -3.83. The zero-order valence-corrected chi connectivity index (χ0v) is 29.0. The van der Waals surface area contributed by atoms with Gasteiger partial charge in [-0.15, -0.1) is 0 Å². The second-order valence-electron chi connectivity index (χ2n) is 13.5. The van der Waals surface area contributed by atoms with Crippen molar-refractivity contribution in [2.75, 3.05) is 49.3 Å². The number of allylic oxidation sites excluding steroid dienone is 8. The summed E-state index contributed by atoms with van der Waals surface area (Å²) in [7, 11) is 0. The quantitative estimate of drug-likeness (QED) is 0.0762. The first-order valence-electron chi connectivity index (χ1n) is 16.1. The number of benzene rings is 2. The molecule has 2 aliphatic carbocycles. The first kappa shape index (κ1) is 35.0. The van der Waals surface area contributed by atoms with Crippen molar-refractivity contribution in [1.29, 1.82) is 0 Å². The van der Waals surface area contributed by atoms with Gasteiger partial charge in [-0.05, 0) is 0 Å². The van der Waals surface area contributed by atoms with E-state index < -0.39 is 78.7 Å². The molecule has 4 aliphatic rings. The van der Waals surface area contributed by atoms with Gasteiger partial charge in [0.2, 0.25) is 0 Å². The number of amides is 2. The summed E-state index contributed by atoms with van der Waals surface area (Å²) in [5.74, 6) is -4.79. The average Bonchev–Trinajstić information content (AvgIpc) is 3.82. The number of hydrogen-bond donors (Lipinski definition) is 0. The van der Waals surface area contributed by atoms with Crippen LogP contribution in [0.2, 0.25) is 8.45 Å². The number of nitrogens with zero attached hydrogens (tertiary/aromatic N) is 2. The van der Waals surface area contributed by atoms with Crippen LogP contribution in [0, 0.1) is 34.1 Å². The molecule has 6 rings (SSSR count). The maximum absolute atomic E-state index is 17.3. The molecule has 11 heteroatoms. The van der Waals surface area contributed by atoms with E-state index in [1.165, 1.54) is 21.9 Å². The van der Waals surface area contributed by atoms with Gasteiger partial charge in [-0.2, -0.15) is 0 Å². The maximum atomic E-state index is 17.3. The van der Waals surface area contributed by atoms with Crippen LogP contribution in [0.5, 0.6) is 0 Å². The number of rotatable bonds is 14. The van der Waals surface area contributed by atoms with Gasteiger partial charge >= 0.3 is 288 Å². The zero-order valence-electron chi connectivity index (χ0n) is 27.4. The number of carbonyl (C=O) groups excluding carboxylic acids is 2. The summed E-state index contributed by atoms with van der Waals surface area (Å²) in [5, 5.41) is 0. The number of anilines is 2. The van der Waals surface area contributed by atoms with Gasteiger partial charge < -0.3 is 0 Å². The number of β-lactam (4-membered cyclic amide) rings is 2. The molecule has 2 aromatic rings. The molecular weight excluding hydrogens is 672 g/mol. The number of ether oxygens (including phenoxy) is 2. The summed E-state index contributed by atoms with van der Waals surface area (Å²) >= 11 is -5.16. The summed E-state index contributed by atoms with van der Waals surface area (Å²) in [6.45, 7) is 11.5. The molecule has 0 saturated carbocycles. The van der Waals surface area contributed by atoms with E-state index in [0.717, 1.165) is 12.1 Å². The molecule has 2 saturated heterocycles. The molecule has 2 heterocycles. The molecule has 2 unspecified atom stereocenters. The van der Waals surface area contributed by atoms with E-state index in [1.54, 1.807) is 74.6 Å². The van der Waals surface area contributed by atoms with Crippen LogP contribution in [-0.4, -0.2) is 51.3 Å². The monoisotopic (exact) mass is 710 g/mol. The third-order valence-electron chi connectivity index (χ3n) is 9.95. The third kappa shape index (κ3) is 5.63. The Morgan fingerprint density at radius 3 is 1.41 bits per heavy atom. The molecule has 0 aromatic heterocycles. The molecule has 0 spiro atoms. The normalized spacial score (nSPS) is 23.5. The van der Waals surface area contributed by atoms with Crippen LogP contribution in [0.25, 0.3) is 0 Å². The van der Waals surface area contributed by atoms with Gasteiger partial charge in [0, 0.05) is 0 Å². The van der Waals surface area contributed by atoms with Gasteiger partial charge in [0.15, 0.2) is 0 Å². The van der Waals surface area contributed by atoms with Crippen molar-refractivity contribution in [1.82, 2.24) is 0 Å². The molecule has 2 amide bonds. The zero-order chi connectivity index (χ0) is 35.1. The van der Waals surface area contributed by atoms with Crippen LogP contribution < -0.4 is 17.5 Å². The first-order chi connectivity index (χ1) is 23.4. The second kappa shape index (κ2) is 13.5. The van der Waals surface area contributed by atoms with Gasteiger partial charge in [-0.3, -0.25) is 0 Å². The van der Waals surface area contributed by atoms with Crippen LogP contribution in [-0.2, 0) is 35.7 Å². The number of carbonyl (C=O) groups is 2. The predicted molar refractivity (Wildman–Crippen MR) is 179 cm³/mol. The molecule has 49 heavy (non-hydrogen) atoms. The van der Waals surface area contributed by atoms with E-state index in [2.05, 4.69) is 13.2 Å². The topological polar surface area (TPSA) is 59.1 Å². The van der Waals surface area contributed by atoms with Crippen molar-refractivity contribution in [2.24, 2.45) is 10.8 Å². The summed E-state index contributed by atoms with van der Waals surface area (Å²) in [6, 6.07) is 4.54. The van der Waals surface area contributed by atoms with Crippen LogP contribution in [0.3, 0.4) is 0 Å². The van der Waals surface area contributed by atoms with Crippen LogP contribution in [0.4, 0.5) is 28.9 Å². The van der Waals surface area contributed by atoms with Crippen LogP contribution >= 0.6 is 0 Å². The Kier molecular flexibility index (Phi) is 9.63. The molecule has 256 valence electrons. The summed E-state index contributed by atoms with van der Waals surface area (Å²) in [6.07, 6.45) is 16.8. The fraction of sp³-hybridized carbons (Fsp3) is 0.316. The van der Waals surface area contributed by atoms with E-state index in [9.17, 15) is 9.59 Å². The molecule has 0 bridgehead atoms. The van der Waals surface area contributed by atoms with Crippen molar-refractivity contribution in [2.45, 2.75) is 22.3 Å². The van der Waals surface area contributed by atoms with Gasteiger partial charge in [-0.25, -0.2) is 0 Å². The van der Waals surface area contributed by atoms with Crippen LogP contribution in [0.1, 0.15) is 13.8 Å². The SMILES string of the molecule is C=CCOCC1(C)CN(c2ccc(F)[c]([Ti]([c]3c(F)ccc(N4CC(C)(COCC=C)C4=O)c3F)([CH]3C=CC=C3)[CH]3C=CC=C3)c2F)C1=O. The molecule has 0 radical (unpaired) electrons. The van der Waals surface area contributed by atoms with Gasteiger partial charge in [-0.1, -0.05) is 0 Å². The predicted octanol–water partition coefficient (Wildman–Crippen LogP) is 6.29. The van der Waals surface area contributed by atoms with Crippen molar-refractivity contribution >= 4 is 30.9 Å². The Morgan fingerprint density at radius 2 is 1.08 bits per heavy atom. The van der Waals surface area contributed by atoms with Crippen molar-refractivity contribution < 1.29 is 53.2 Å². The standard InChI is InChI=1S/2C14H14F2NO2.2C5H5.Ti/c2*1-3-6-19-9-14(2)8-17(13(14)18)12-5-4-10(15)7-11(12)16;2*1-2-4-5-3-1;/h2*3-5H,1,6,8-9H2,2H3;2*1-5H;. The van der Waals surface area contributed by atoms with E-state index in [4.69, 9.17) is 9.47 Å². The molecule has 2 aliphatic heterocycles. The molecule has 2 aromatic carbocycles. The molecule has 0 N–H and O–H groups in total.